The third-order valence-corrected chi connectivity index (χ3v) is 3.35. The van der Waals surface area contributed by atoms with Crippen molar-refractivity contribution in [2.45, 2.75) is 45.3 Å². The van der Waals surface area contributed by atoms with Gasteiger partial charge in [0.15, 0.2) is 0 Å². The van der Waals surface area contributed by atoms with Crippen LogP contribution in [0.1, 0.15) is 34.1 Å². The summed E-state index contributed by atoms with van der Waals surface area (Å²) in [5.74, 6) is 0.459. The summed E-state index contributed by atoms with van der Waals surface area (Å²) in [6, 6.07) is 0. The molecule has 0 spiro atoms. The highest BCUT2D eigenvalue weighted by Crippen LogP contribution is 2.31. The molecule has 1 aliphatic heterocycles. The smallest absolute Gasteiger partial charge is 0.0632 e. The fourth-order valence-electron chi connectivity index (χ4n) is 2.02. The number of nitrogens with one attached hydrogen (secondary N) is 1. The molecule has 0 radical (unpaired) electrons. The Balaban J connectivity index is 2.61. The van der Waals surface area contributed by atoms with E-state index in [1.165, 1.54) is 0 Å². The normalized spacial score (nSPS) is 30.4. The zero-order chi connectivity index (χ0) is 11.0. The van der Waals surface area contributed by atoms with Crippen LogP contribution in [0.2, 0.25) is 0 Å². The van der Waals surface area contributed by atoms with Crippen LogP contribution < -0.4 is 5.32 Å². The van der Waals surface area contributed by atoms with Gasteiger partial charge >= 0.3 is 0 Å². The second-order valence-corrected chi connectivity index (χ2v) is 5.60. The van der Waals surface area contributed by atoms with Crippen molar-refractivity contribution in [1.82, 2.24) is 5.32 Å². The lowest BCUT2D eigenvalue weighted by atomic mass is 9.75. The third-order valence-electron chi connectivity index (χ3n) is 3.35. The van der Waals surface area contributed by atoms with Crippen LogP contribution in [0.5, 0.6) is 0 Å². The van der Waals surface area contributed by atoms with Gasteiger partial charge in [-0.15, -0.1) is 0 Å². The van der Waals surface area contributed by atoms with Gasteiger partial charge in [0.25, 0.3) is 0 Å². The third kappa shape index (κ3) is 2.94. The van der Waals surface area contributed by atoms with Crippen LogP contribution >= 0.6 is 0 Å². The van der Waals surface area contributed by atoms with E-state index in [4.69, 9.17) is 0 Å². The topological polar surface area (TPSA) is 52.5 Å². The highest BCUT2D eigenvalue weighted by atomic mass is 16.3. The zero-order valence-electron chi connectivity index (χ0n) is 9.67. The molecule has 0 amide bonds. The first-order valence-electron chi connectivity index (χ1n) is 5.36. The molecule has 1 saturated heterocycles. The second kappa shape index (κ2) is 3.80. The van der Waals surface area contributed by atoms with Gasteiger partial charge in [-0.25, -0.2) is 0 Å². The van der Waals surface area contributed by atoms with E-state index in [2.05, 4.69) is 5.32 Å². The number of piperidine rings is 1. The molecule has 84 valence electrons. The van der Waals surface area contributed by atoms with Crippen molar-refractivity contribution in [2.75, 3.05) is 13.1 Å². The molecule has 3 N–H and O–H groups in total. The number of hydrogen-bond acceptors (Lipinski definition) is 3. The first kappa shape index (κ1) is 12.0. The van der Waals surface area contributed by atoms with Crippen molar-refractivity contribution in [1.29, 1.82) is 0 Å². The molecule has 2 atom stereocenters. The molecule has 3 heteroatoms. The number of hydrogen-bond donors (Lipinski definition) is 3. The van der Waals surface area contributed by atoms with Crippen molar-refractivity contribution in [3.8, 4) is 0 Å². The first-order valence-corrected chi connectivity index (χ1v) is 5.36. The van der Waals surface area contributed by atoms with Gasteiger partial charge in [0, 0.05) is 13.1 Å². The van der Waals surface area contributed by atoms with E-state index in [1.54, 1.807) is 0 Å². The molecule has 0 aromatic carbocycles. The Hall–Kier alpha value is -0.120. The van der Waals surface area contributed by atoms with Gasteiger partial charge < -0.3 is 15.5 Å². The highest BCUT2D eigenvalue weighted by Gasteiger charge is 2.37. The molecular weight excluding hydrogens is 178 g/mol. The molecule has 0 unspecified atom stereocenters. The standard InChI is InChI=1S/C11H23NO2/c1-10(2,13)8-5-9(7-12-6-8)11(3,4)14/h8-9,12-14H,5-7H2,1-4H3/t8-,9-/m1/s1. The van der Waals surface area contributed by atoms with Crippen LogP contribution in [0, 0.1) is 11.8 Å². The summed E-state index contributed by atoms with van der Waals surface area (Å²) in [4.78, 5) is 0. The Morgan fingerprint density at radius 3 is 1.57 bits per heavy atom. The summed E-state index contributed by atoms with van der Waals surface area (Å²) in [5.41, 5.74) is -1.31. The van der Waals surface area contributed by atoms with E-state index in [0.29, 0.717) is 0 Å². The Labute approximate surface area is 86.5 Å². The molecule has 0 aromatic rings. The van der Waals surface area contributed by atoms with E-state index < -0.39 is 11.2 Å². The molecule has 0 aromatic heterocycles. The van der Waals surface area contributed by atoms with E-state index in [9.17, 15) is 10.2 Å². The lowest BCUT2D eigenvalue weighted by Crippen LogP contribution is -2.51. The molecule has 14 heavy (non-hydrogen) atoms. The average molecular weight is 201 g/mol. The lowest BCUT2D eigenvalue weighted by molar-refractivity contribution is -0.0478. The molecule has 3 nitrogen and oxygen atoms in total. The Bertz CT molecular complexity index is 170. The SMILES string of the molecule is CC(C)(O)[C@H]1CNC[C@H](C(C)(C)O)C1. The number of aliphatic hydroxyl groups is 2. The largest absolute Gasteiger partial charge is 0.390 e. The summed E-state index contributed by atoms with van der Waals surface area (Å²) in [6.45, 7) is 9.04. The average Bonchev–Trinajstić information content (AvgIpc) is 2.01. The quantitative estimate of drug-likeness (QED) is 0.618. The molecule has 0 bridgehead atoms. The molecule has 1 fully saturated rings. The van der Waals surface area contributed by atoms with Crippen molar-refractivity contribution in [2.24, 2.45) is 11.8 Å². The van der Waals surface area contributed by atoms with E-state index in [-0.39, 0.29) is 11.8 Å². The molecular formula is C11H23NO2. The summed E-state index contributed by atoms with van der Waals surface area (Å²) in [6.07, 6.45) is 0.889. The molecule has 0 saturated carbocycles. The lowest BCUT2D eigenvalue weighted by Gasteiger charge is -2.41. The van der Waals surface area contributed by atoms with Crippen LogP contribution in [0.25, 0.3) is 0 Å². The predicted molar refractivity (Wildman–Crippen MR) is 57.1 cm³/mol. The fourth-order valence-corrected chi connectivity index (χ4v) is 2.02. The van der Waals surface area contributed by atoms with Crippen LogP contribution in [0.15, 0.2) is 0 Å². The van der Waals surface area contributed by atoms with Crippen molar-refractivity contribution < 1.29 is 10.2 Å². The number of rotatable bonds is 2. The Kier molecular flexibility index (Phi) is 3.24. The first-order chi connectivity index (χ1) is 6.21. The van der Waals surface area contributed by atoms with Crippen molar-refractivity contribution in [3.05, 3.63) is 0 Å². The minimum atomic E-state index is -0.656. The van der Waals surface area contributed by atoms with Crippen LogP contribution in [0.3, 0.4) is 0 Å². The van der Waals surface area contributed by atoms with Gasteiger partial charge in [0.1, 0.15) is 0 Å². The van der Waals surface area contributed by atoms with Crippen LogP contribution in [0.4, 0.5) is 0 Å². The van der Waals surface area contributed by atoms with E-state index in [1.807, 2.05) is 27.7 Å². The highest BCUT2D eigenvalue weighted by molar-refractivity contribution is 4.91. The summed E-state index contributed by atoms with van der Waals surface area (Å²) < 4.78 is 0. The van der Waals surface area contributed by atoms with Gasteiger partial charge in [0.05, 0.1) is 11.2 Å². The predicted octanol–water partition coefficient (Wildman–Crippen LogP) is 0.754. The maximum absolute atomic E-state index is 9.90. The maximum Gasteiger partial charge on any atom is 0.0632 e. The second-order valence-electron chi connectivity index (χ2n) is 5.60. The Morgan fingerprint density at radius 1 is 0.929 bits per heavy atom. The van der Waals surface area contributed by atoms with Gasteiger partial charge in [0.2, 0.25) is 0 Å². The van der Waals surface area contributed by atoms with Gasteiger partial charge in [-0.05, 0) is 46.0 Å². The van der Waals surface area contributed by atoms with Crippen LogP contribution in [-0.2, 0) is 0 Å². The minimum absolute atomic E-state index is 0.229. The fraction of sp³-hybridized carbons (Fsp3) is 1.00. The monoisotopic (exact) mass is 201 g/mol. The van der Waals surface area contributed by atoms with Crippen molar-refractivity contribution >= 4 is 0 Å². The van der Waals surface area contributed by atoms with Crippen molar-refractivity contribution in [3.63, 3.8) is 0 Å². The van der Waals surface area contributed by atoms with Gasteiger partial charge in [-0.1, -0.05) is 0 Å². The Morgan fingerprint density at radius 2 is 1.29 bits per heavy atom. The summed E-state index contributed by atoms with van der Waals surface area (Å²) in [7, 11) is 0. The zero-order valence-corrected chi connectivity index (χ0v) is 9.67. The maximum atomic E-state index is 9.90. The molecule has 0 aliphatic carbocycles. The summed E-state index contributed by atoms with van der Waals surface area (Å²) >= 11 is 0. The minimum Gasteiger partial charge on any atom is -0.390 e. The van der Waals surface area contributed by atoms with E-state index in [0.717, 1.165) is 19.5 Å². The van der Waals surface area contributed by atoms with E-state index >= 15 is 0 Å². The molecule has 1 rings (SSSR count). The summed E-state index contributed by atoms with van der Waals surface area (Å²) in [5, 5.41) is 23.1. The molecule has 1 heterocycles. The van der Waals surface area contributed by atoms with Gasteiger partial charge in [-0.2, -0.15) is 0 Å². The van der Waals surface area contributed by atoms with Gasteiger partial charge in [-0.3, -0.25) is 0 Å². The van der Waals surface area contributed by atoms with Crippen LogP contribution in [-0.4, -0.2) is 34.5 Å². The molecule has 1 aliphatic rings.